The topological polar surface area (TPSA) is 90.0 Å². The van der Waals surface area contributed by atoms with E-state index >= 15 is 0 Å². The molecular weight excluding hydrogens is 474 g/mol. The van der Waals surface area contributed by atoms with Gasteiger partial charge in [-0.15, -0.1) is 11.3 Å². The van der Waals surface area contributed by atoms with Gasteiger partial charge >= 0.3 is 5.97 Å². The van der Waals surface area contributed by atoms with Crippen LogP contribution < -0.4 is 4.74 Å². The summed E-state index contributed by atoms with van der Waals surface area (Å²) in [5, 5.41) is 0. The molecule has 9 heteroatoms. The van der Waals surface area contributed by atoms with E-state index in [2.05, 4.69) is 0 Å². The first-order valence-corrected chi connectivity index (χ1v) is 13.0. The number of sulfonamides is 1. The number of methoxy groups -OCH3 is 1. The predicted octanol–water partition coefficient (Wildman–Crippen LogP) is 4.80. The Balaban J connectivity index is 1.65. The summed E-state index contributed by atoms with van der Waals surface area (Å²) in [5.74, 6) is -0.251. The fourth-order valence-electron chi connectivity index (χ4n) is 3.45. The number of ether oxygens (including phenoxy) is 2. The van der Waals surface area contributed by atoms with Crippen molar-refractivity contribution in [2.24, 2.45) is 0 Å². The van der Waals surface area contributed by atoms with E-state index in [9.17, 15) is 18.0 Å². The Hall–Kier alpha value is -3.01. The summed E-state index contributed by atoms with van der Waals surface area (Å²) in [6, 6.07) is 14.9. The number of carbonyl (C=O) groups is 2. The lowest BCUT2D eigenvalue weighted by atomic mass is 10.1. The zero-order valence-electron chi connectivity index (χ0n) is 19.5. The minimum absolute atomic E-state index is 0.116. The van der Waals surface area contributed by atoms with Gasteiger partial charge in [0.25, 0.3) is 0 Å². The molecule has 34 heavy (non-hydrogen) atoms. The monoisotopic (exact) mass is 501 g/mol. The van der Waals surface area contributed by atoms with Crippen LogP contribution in [0.3, 0.4) is 0 Å². The van der Waals surface area contributed by atoms with Gasteiger partial charge in [0.05, 0.1) is 12.0 Å². The fraction of sp³-hybridized carbons (Fsp3) is 0.280. The third-order valence-corrected chi connectivity index (χ3v) is 8.47. The molecule has 3 rings (SSSR count). The number of ketones is 1. The Kier molecular flexibility index (Phi) is 8.24. The van der Waals surface area contributed by atoms with Gasteiger partial charge in [-0.3, -0.25) is 4.79 Å². The zero-order valence-corrected chi connectivity index (χ0v) is 21.2. The highest BCUT2D eigenvalue weighted by molar-refractivity contribution is 7.89. The van der Waals surface area contributed by atoms with Gasteiger partial charge in [-0.05, 0) is 60.5 Å². The molecule has 0 amide bonds. The van der Waals surface area contributed by atoms with Crippen LogP contribution in [0.1, 0.15) is 38.8 Å². The van der Waals surface area contributed by atoms with Gasteiger partial charge in [0, 0.05) is 23.5 Å². The van der Waals surface area contributed by atoms with Crippen LogP contribution in [-0.2, 0) is 14.8 Å². The number of Topliss-reactive ketones (excluding diaryl/α,β-unsaturated/α-hetero) is 1. The molecule has 0 N–H and O–H groups in total. The second-order valence-corrected chi connectivity index (χ2v) is 10.6. The van der Waals surface area contributed by atoms with E-state index in [1.54, 1.807) is 27.0 Å². The third-order valence-electron chi connectivity index (χ3n) is 5.37. The van der Waals surface area contributed by atoms with Crippen molar-refractivity contribution in [3.05, 3.63) is 69.9 Å². The maximum atomic E-state index is 12.6. The van der Waals surface area contributed by atoms with Gasteiger partial charge in [0.1, 0.15) is 10.6 Å². The lowest BCUT2D eigenvalue weighted by Gasteiger charge is -2.18. The Labute approximate surface area is 204 Å². The van der Waals surface area contributed by atoms with Crippen LogP contribution in [0.5, 0.6) is 5.75 Å². The second kappa shape index (κ2) is 10.9. The number of hydrogen-bond donors (Lipinski definition) is 0. The highest BCUT2D eigenvalue weighted by Crippen LogP contribution is 2.32. The highest BCUT2D eigenvalue weighted by Gasteiger charge is 2.22. The van der Waals surface area contributed by atoms with Gasteiger partial charge < -0.3 is 9.47 Å². The summed E-state index contributed by atoms with van der Waals surface area (Å²) in [6.07, 6.45) is 0. The first kappa shape index (κ1) is 25.6. The number of thiophene rings is 1. The van der Waals surface area contributed by atoms with Crippen molar-refractivity contribution in [1.29, 1.82) is 0 Å². The number of esters is 1. The van der Waals surface area contributed by atoms with Crippen LogP contribution in [0.25, 0.3) is 11.1 Å². The van der Waals surface area contributed by atoms with Gasteiger partial charge in [-0.1, -0.05) is 26.0 Å². The average Bonchev–Trinajstić information content (AvgIpc) is 3.24. The first-order chi connectivity index (χ1) is 16.2. The van der Waals surface area contributed by atoms with E-state index in [1.165, 1.54) is 39.9 Å². The molecule has 1 heterocycles. The van der Waals surface area contributed by atoms with Gasteiger partial charge in [-0.2, -0.15) is 4.31 Å². The molecule has 0 saturated carbocycles. The van der Waals surface area contributed by atoms with Crippen molar-refractivity contribution in [1.82, 2.24) is 4.31 Å². The van der Waals surface area contributed by atoms with Crippen LogP contribution in [0.2, 0.25) is 0 Å². The molecule has 3 aromatic rings. The minimum Gasteiger partial charge on any atom is -0.497 e. The Morgan fingerprint density at radius 1 is 0.971 bits per heavy atom. The molecule has 0 saturated heterocycles. The quantitative estimate of drug-likeness (QED) is 0.293. The van der Waals surface area contributed by atoms with Crippen molar-refractivity contribution in [3.8, 4) is 16.9 Å². The first-order valence-electron chi connectivity index (χ1n) is 10.8. The lowest BCUT2D eigenvalue weighted by molar-refractivity contribution is 0.0479. The molecule has 0 fully saturated rings. The normalized spacial score (nSPS) is 11.4. The fourth-order valence-corrected chi connectivity index (χ4v) is 5.84. The lowest BCUT2D eigenvalue weighted by Crippen LogP contribution is -2.30. The summed E-state index contributed by atoms with van der Waals surface area (Å²) in [5.41, 5.74) is 2.13. The maximum absolute atomic E-state index is 12.6. The number of aryl methyl sites for hydroxylation is 1. The Morgan fingerprint density at radius 2 is 1.59 bits per heavy atom. The van der Waals surface area contributed by atoms with Crippen LogP contribution in [0, 0.1) is 6.92 Å². The van der Waals surface area contributed by atoms with Crippen LogP contribution >= 0.6 is 11.3 Å². The second-order valence-electron chi connectivity index (χ2n) is 7.42. The molecule has 0 aliphatic heterocycles. The Morgan fingerprint density at radius 3 is 2.15 bits per heavy atom. The Bertz CT molecular complexity index is 1260. The number of hydrogen-bond acceptors (Lipinski definition) is 7. The van der Waals surface area contributed by atoms with E-state index in [1.807, 2.05) is 31.2 Å². The molecule has 0 bridgehead atoms. The minimum atomic E-state index is -3.60. The number of benzene rings is 2. The van der Waals surface area contributed by atoms with Gasteiger partial charge in [-0.25, -0.2) is 13.2 Å². The largest absolute Gasteiger partial charge is 0.497 e. The van der Waals surface area contributed by atoms with Crippen molar-refractivity contribution < 1.29 is 27.5 Å². The smallest absolute Gasteiger partial charge is 0.348 e. The maximum Gasteiger partial charge on any atom is 0.348 e. The van der Waals surface area contributed by atoms with E-state index in [0.717, 1.165) is 21.8 Å². The van der Waals surface area contributed by atoms with Gasteiger partial charge in [0.15, 0.2) is 12.4 Å². The number of nitrogens with zero attached hydrogens (tertiary/aromatic N) is 1. The SMILES string of the molecule is CCN(CC)S(=O)(=O)c1ccc(C(=O)COC(=O)c2cc(-c3ccc(OC)cc3)c(C)s2)cc1. The molecule has 0 spiro atoms. The van der Waals surface area contributed by atoms with E-state index in [0.29, 0.717) is 18.0 Å². The molecule has 0 radical (unpaired) electrons. The average molecular weight is 502 g/mol. The van der Waals surface area contributed by atoms with Crippen molar-refractivity contribution in [2.75, 3.05) is 26.8 Å². The predicted molar refractivity (Wildman–Crippen MR) is 132 cm³/mol. The standard InChI is InChI=1S/C25H27NO6S2/c1-5-26(6-2)34(29,30)21-13-9-19(10-14-21)23(27)16-32-25(28)24-15-22(17(3)33-24)18-7-11-20(31-4)12-8-18/h7-15H,5-6,16H2,1-4H3. The molecule has 7 nitrogen and oxygen atoms in total. The third kappa shape index (κ3) is 5.55. The van der Waals surface area contributed by atoms with E-state index in [-0.39, 0.29) is 10.5 Å². The molecule has 1 aromatic heterocycles. The molecule has 180 valence electrons. The number of rotatable bonds is 10. The van der Waals surface area contributed by atoms with Crippen molar-refractivity contribution in [3.63, 3.8) is 0 Å². The van der Waals surface area contributed by atoms with Crippen LogP contribution in [0.4, 0.5) is 0 Å². The van der Waals surface area contributed by atoms with Gasteiger partial charge in [0.2, 0.25) is 10.0 Å². The van der Waals surface area contributed by atoms with Crippen molar-refractivity contribution >= 4 is 33.1 Å². The summed E-state index contributed by atoms with van der Waals surface area (Å²) < 4.78 is 36.9. The van der Waals surface area contributed by atoms with Crippen molar-refractivity contribution in [2.45, 2.75) is 25.7 Å². The summed E-state index contributed by atoms with van der Waals surface area (Å²) in [6.45, 7) is 5.73. The van der Waals surface area contributed by atoms with E-state index < -0.39 is 28.4 Å². The van der Waals surface area contributed by atoms with E-state index in [4.69, 9.17) is 9.47 Å². The molecule has 0 aliphatic rings. The molecule has 0 aliphatic carbocycles. The molecule has 0 atom stereocenters. The highest BCUT2D eigenvalue weighted by atomic mass is 32.2. The zero-order chi connectivity index (χ0) is 24.9. The number of carbonyl (C=O) groups excluding carboxylic acids is 2. The molecule has 0 unspecified atom stereocenters. The summed E-state index contributed by atoms with van der Waals surface area (Å²) in [7, 11) is -2.00. The molecular formula is C25H27NO6S2. The van der Waals surface area contributed by atoms with Crippen LogP contribution in [0.15, 0.2) is 59.5 Å². The summed E-state index contributed by atoms with van der Waals surface area (Å²) in [4.78, 5) is 26.5. The summed E-state index contributed by atoms with van der Waals surface area (Å²) >= 11 is 1.30. The molecule has 2 aromatic carbocycles. The van der Waals surface area contributed by atoms with Crippen LogP contribution in [-0.4, -0.2) is 51.3 Å².